The Labute approximate surface area is 256 Å². The van der Waals surface area contributed by atoms with E-state index in [4.69, 9.17) is 4.74 Å². The van der Waals surface area contributed by atoms with E-state index in [1.807, 2.05) is 9.80 Å². The maximum Gasteiger partial charge on any atom is 0.266 e. The molecular formula is C33H42F2N4O5. The van der Waals surface area contributed by atoms with Crippen molar-refractivity contribution < 1.29 is 32.7 Å². The minimum Gasteiger partial charge on any atom is -0.489 e. The van der Waals surface area contributed by atoms with Crippen molar-refractivity contribution in [1.82, 2.24) is 20.0 Å². The fourth-order valence-electron chi connectivity index (χ4n) is 8.49. The third-order valence-electron chi connectivity index (χ3n) is 11.4. The lowest BCUT2D eigenvalue weighted by Gasteiger charge is -2.53. The van der Waals surface area contributed by atoms with Crippen LogP contribution in [0.3, 0.4) is 0 Å². The van der Waals surface area contributed by atoms with Gasteiger partial charge in [-0.1, -0.05) is 13.3 Å². The summed E-state index contributed by atoms with van der Waals surface area (Å²) in [6, 6.07) is 3.32. The highest BCUT2D eigenvalue weighted by Crippen LogP contribution is 2.45. The number of nitrogens with zero attached hydrogens (tertiary/aromatic N) is 3. The summed E-state index contributed by atoms with van der Waals surface area (Å²) in [7, 11) is 0. The second kappa shape index (κ2) is 11.1. The summed E-state index contributed by atoms with van der Waals surface area (Å²) >= 11 is 0. The summed E-state index contributed by atoms with van der Waals surface area (Å²) in [6.45, 7) is 5.06. The fraction of sp³-hybridized carbons (Fsp3) is 0.697. The lowest BCUT2D eigenvalue weighted by atomic mass is 9.69. The number of hydrogen-bond acceptors (Lipinski definition) is 6. The number of alkyl halides is 2. The van der Waals surface area contributed by atoms with Gasteiger partial charge in [0, 0.05) is 56.5 Å². The first kappa shape index (κ1) is 29.6. The number of imide groups is 1. The van der Waals surface area contributed by atoms with Crippen molar-refractivity contribution in [3.05, 3.63) is 29.3 Å². The van der Waals surface area contributed by atoms with Crippen LogP contribution in [0.15, 0.2) is 18.2 Å². The molecule has 4 heterocycles. The monoisotopic (exact) mass is 612 g/mol. The standard InChI is InChI=1S/C33H42F2N4O5/c1-32(11-3-12-32)31(43)37-14-9-20(10-15-37)22-17-38(18-22)28-26(4-2-13-33(28,34)35)44-23-5-6-24-21(16-23)19-39(30(24)42)25-7-8-27(40)36-29(25)41/h5-6,16,20,22,25-26,28H,2-4,7-15,17-19H2,1H3,(H,36,40,41)/t25?,26-,28+/m0/s1. The average molecular weight is 613 g/mol. The van der Waals surface area contributed by atoms with E-state index in [1.165, 1.54) is 4.90 Å². The van der Waals surface area contributed by atoms with Crippen LogP contribution in [0, 0.1) is 17.3 Å². The molecule has 6 aliphatic rings. The largest absolute Gasteiger partial charge is 0.489 e. The molecule has 1 aromatic carbocycles. The molecule has 2 aliphatic carbocycles. The number of amides is 4. The first-order valence-electron chi connectivity index (χ1n) is 16.4. The molecule has 0 radical (unpaired) electrons. The molecule has 0 spiro atoms. The molecule has 3 saturated heterocycles. The summed E-state index contributed by atoms with van der Waals surface area (Å²) in [5.74, 6) is -2.41. The number of halogens is 2. The van der Waals surface area contributed by atoms with Crippen LogP contribution in [0.4, 0.5) is 8.78 Å². The van der Waals surface area contributed by atoms with Crippen molar-refractivity contribution in [3.8, 4) is 5.75 Å². The molecule has 238 valence electrons. The smallest absolute Gasteiger partial charge is 0.266 e. The third kappa shape index (κ3) is 5.18. The fourth-order valence-corrected chi connectivity index (χ4v) is 8.49. The Hall–Kier alpha value is -3.08. The molecule has 3 atom stereocenters. The molecule has 44 heavy (non-hydrogen) atoms. The second-order valence-electron chi connectivity index (χ2n) is 14.2. The van der Waals surface area contributed by atoms with Crippen LogP contribution in [0.5, 0.6) is 5.75 Å². The van der Waals surface area contributed by atoms with E-state index in [0.717, 1.165) is 45.2 Å². The highest BCUT2D eigenvalue weighted by Gasteiger charge is 2.55. The Bertz CT molecular complexity index is 1350. The summed E-state index contributed by atoms with van der Waals surface area (Å²) in [5.41, 5.74) is 0.979. The van der Waals surface area contributed by atoms with E-state index in [0.29, 0.717) is 60.6 Å². The molecule has 11 heteroatoms. The number of carbonyl (C=O) groups excluding carboxylic acids is 4. The number of likely N-dealkylation sites (tertiary alicyclic amines) is 2. The van der Waals surface area contributed by atoms with Gasteiger partial charge in [0.25, 0.3) is 11.8 Å². The van der Waals surface area contributed by atoms with Crippen molar-refractivity contribution in [1.29, 1.82) is 0 Å². The quantitative estimate of drug-likeness (QED) is 0.492. The number of hydrogen-bond donors (Lipinski definition) is 1. The summed E-state index contributed by atoms with van der Waals surface area (Å²) < 4.78 is 37.2. The maximum absolute atomic E-state index is 15.5. The summed E-state index contributed by atoms with van der Waals surface area (Å²) in [4.78, 5) is 55.4. The Kier molecular flexibility index (Phi) is 7.45. The molecule has 2 saturated carbocycles. The van der Waals surface area contributed by atoms with Gasteiger partial charge in [-0.05, 0) is 80.5 Å². The van der Waals surface area contributed by atoms with E-state index in [2.05, 4.69) is 12.2 Å². The van der Waals surface area contributed by atoms with Gasteiger partial charge in [-0.2, -0.15) is 0 Å². The van der Waals surface area contributed by atoms with E-state index < -0.39 is 30.0 Å². The number of nitrogens with one attached hydrogen (secondary N) is 1. The normalized spacial score (nSPS) is 30.8. The Morgan fingerprint density at radius 3 is 2.41 bits per heavy atom. The Balaban J connectivity index is 0.974. The van der Waals surface area contributed by atoms with E-state index in [-0.39, 0.29) is 43.0 Å². The minimum atomic E-state index is -2.86. The van der Waals surface area contributed by atoms with Crippen molar-refractivity contribution in [2.45, 2.75) is 102 Å². The van der Waals surface area contributed by atoms with Crippen LogP contribution in [-0.4, -0.2) is 88.6 Å². The zero-order valence-electron chi connectivity index (χ0n) is 25.4. The predicted molar refractivity (Wildman–Crippen MR) is 156 cm³/mol. The van der Waals surface area contributed by atoms with Gasteiger partial charge in [-0.15, -0.1) is 0 Å². The average Bonchev–Trinajstić information content (AvgIpc) is 3.27. The molecular weight excluding hydrogens is 570 g/mol. The van der Waals surface area contributed by atoms with E-state index in [9.17, 15) is 19.2 Å². The van der Waals surface area contributed by atoms with Crippen molar-refractivity contribution in [3.63, 3.8) is 0 Å². The van der Waals surface area contributed by atoms with Crippen molar-refractivity contribution in [2.75, 3.05) is 26.2 Å². The number of rotatable bonds is 6. The highest BCUT2D eigenvalue weighted by atomic mass is 19.3. The van der Waals surface area contributed by atoms with Crippen LogP contribution in [0.1, 0.15) is 87.1 Å². The number of fused-ring (bicyclic) bond motifs is 1. The van der Waals surface area contributed by atoms with Gasteiger partial charge < -0.3 is 14.5 Å². The third-order valence-corrected chi connectivity index (χ3v) is 11.4. The number of carbonyl (C=O) groups is 4. The lowest BCUT2D eigenvalue weighted by molar-refractivity contribution is -0.173. The van der Waals surface area contributed by atoms with Gasteiger partial charge in [-0.3, -0.25) is 29.4 Å². The number of ether oxygens (including phenoxy) is 1. The zero-order valence-corrected chi connectivity index (χ0v) is 25.4. The van der Waals surface area contributed by atoms with Crippen LogP contribution in [0.25, 0.3) is 0 Å². The summed E-state index contributed by atoms with van der Waals surface area (Å²) in [6.07, 6.45) is 5.49. The Morgan fingerprint density at radius 2 is 1.73 bits per heavy atom. The van der Waals surface area contributed by atoms with Crippen molar-refractivity contribution in [2.24, 2.45) is 17.3 Å². The van der Waals surface area contributed by atoms with Crippen LogP contribution >= 0.6 is 0 Å². The second-order valence-corrected chi connectivity index (χ2v) is 14.2. The highest BCUT2D eigenvalue weighted by molar-refractivity contribution is 6.05. The van der Waals surface area contributed by atoms with E-state index in [1.54, 1.807) is 18.2 Å². The first-order valence-corrected chi connectivity index (χ1v) is 16.4. The summed E-state index contributed by atoms with van der Waals surface area (Å²) in [5, 5.41) is 2.31. The lowest BCUT2D eigenvalue weighted by Crippen LogP contribution is -2.66. The number of piperidine rings is 2. The maximum atomic E-state index is 15.5. The van der Waals surface area contributed by atoms with Crippen LogP contribution < -0.4 is 10.1 Å². The molecule has 1 unspecified atom stereocenters. The van der Waals surface area contributed by atoms with Gasteiger partial charge in [-0.25, -0.2) is 8.78 Å². The minimum absolute atomic E-state index is 0.155. The zero-order chi connectivity index (χ0) is 30.8. The van der Waals surface area contributed by atoms with Gasteiger partial charge in [0.2, 0.25) is 17.7 Å². The molecule has 5 fully saturated rings. The first-order chi connectivity index (χ1) is 21.0. The Morgan fingerprint density at radius 1 is 0.977 bits per heavy atom. The molecule has 1 N–H and O–H groups in total. The van der Waals surface area contributed by atoms with Crippen LogP contribution in [-0.2, 0) is 20.9 Å². The molecule has 1 aromatic rings. The number of benzene rings is 1. The topological polar surface area (TPSA) is 99.3 Å². The van der Waals surface area contributed by atoms with Gasteiger partial charge in [0.15, 0.2) is 0 Å². The molecule has 7 rings (SSSR count). The molecule has 9 nitrogen and oxygen atoms in total. The molecule has 4 amide bonds. The molecule has 4 aliphatic heterocycles. The van der Waals surface area contributed by atoms with E-state index >= 15 is 8.78 Å². The van der Waals surface area contributed by atoms with Gasteiger partial charge in [0.1, 0.15) is 23.9 Å². The predicted octanol–water partition coefficient (Wildman–Crippen LogP) is 3.74. The van der Waals surface area contributed by atoms with Crippen LogP contribution in [0.2, 0.25) is 0 Å². The van der Waals surface area contributed by atoms with Gasteiger partial charge >= 0.3 is 0 Å². The SMILES string of the molecule is CC1(C(=O)N2CCC(C3CN([C@@H]4[C@@H](Oc5ccc6c(c5)CN(C5CCC(=O)NC5=O)C6=O)CCCC4(F)F)C3)CC2)CCC1. The van der Waals surface area contributed by atoms with Gasteiger partial charge in [0.05, 0.1) is 0 Å². The molecule has 0 aromatic heterocycles. The van der Waals surface area contributed by atoms with Crippen molar-refractivity contribution >= 4 is 23.6 Å². The molecule has 0 bridgehead atoms.